The fraction of sp³-hybridized carbons (Fsp3) is 0.176. The van der Waals surface area contributed by atoms with Gasteiger partial charge < -0.3 is 42.5 Å². The molecule has 1 unspecified atom stereocenters. The SMILES string of the molecule is CC(CN=C(OO)SC(=N)N)N=C(OO)SC(=N)N.N=C(N)SC(=Nc1ccccc1N=C(OO)SC(=N)N)OO. The second-order valence-corrected chi connectivity index (χ2v) is 10.3. The maximum Gasteiger partial charge on any atom is 0.299 e. The molecule has 41 heavy (non-hydrogen) atoms. The van der Waals surface area contributed by atoms with Crippen LogP contribution in [0.25, 0.3) is 0 Å². The summed E-state index contributed by atoms with van der Waals surface area (Å²) >= 11 is 2.43. The molecule has 0 aliphatic carbocycles. The van der Waals surface area contributed by atoms with Crippen LogP contribution in [0.1, 0.15) is 6.92 Å². The molecule has 0 amide bonds. The molecule has 0 aliphatic heterocycles. The first-order chi connectivity index (χ1) is 19.3. The van der Waals surface area contributed by atoms with E-state index in [9.17, 15) is 0 Å². The number of hydrogen-bond donors (Lipinski definition) is 12. The van der Waals surface area contributed by atoms with Crippen molar-refractivity contribution >= 4 is 100 Å². The fourth-order valence-electron chi connectivity index (χ4n) is 1.93. The third-order valence-corrected chi connectivity index (χ3v) is 5.51. The summed E-state index contributed by atoms with van der Waals surface area (Å²) < 4.78 is 0. The van der Waals surface area contributed by atoms with Crippen LogP contribution in [-0.4, -0.2) is 75.2 Å². The van der Waals surface area contributed by atoms with Crippen molar-refractivity contribution in [3.63, 3.8) is 0 Å². The Kier molecular flexibility index (Phi) is 19.1. The van der Waals surface area contributed by atoms with E-state index >= 15 is 0 Å². The Balaban J connectivity index is 0.000000790. The van der Waals surface area contributed by atoms with Gasteiger partial charge in [-0.3, -0.25) is 21.6 Å². The lowest BCUT2D eigenvalue weighted by atomic mass is 10.3. The number of para-hydroxylation sites is 2. The Morgan fingerprint density at radius 1 is 0.683 bits per heavy atom. The quantitative estimate of drug-likeness (QED) is 0.0936. The molecule has 0 saturated heterocycles. The number of nitrogens with one attached hydrogen (secondary N) is 4. The van der Waals surface area contributed by atoms with Crippen LogP contribution in [-0.2, 0) is 19.6 Å². The van der Waals surface area contributed by atoms with Crippen LogP contribution < -0.4 is 22.9 Å². The summed E-state index contributed by atoms with van der Waals surface area (Å²) in [5, 5.41) is 60.4. The topological polar surface area (TPSA) is 367 Å². The monoisotopic (exact) mass is 654 g/mol. The van der Waals surface area contributed by atoms with Gasteiger partial charge in [-0.15, -0.1) is 0 Å². The molecule has 24 heteroatoms. The van der Waals surface area contributed by atoms with E-state index in [-0.39, 0.29) is 59.5 Å². The highest BCUT2D eigenvalue weighted by atomic mass is 32.2. The maximum absolute atomic E-state index is 8.72. The zero-order valence-electron chi connectivity index (χ0n) is 20.7. The molecule has 1 aromatic carbocycles. The van der Waals surface area contributed by atoms with Crippen LogP contribution in [0.3, 0.4) is 0 Å². The fourth-order valence-corrected chi connectivity index (χ4v) is 3.49. The van der Waals surface area contributed by atoms with E-state index in [1.54, 1.807) is 19.1 Å². The smallest absolute Gasteiger partial charge is 0.299 e. The summed E-state index contributed by atoms with van der Waals surface area (Å²) in [5.41, 5.74) is 21.0. The normalized spacial score (nSPS) is 12.8. The predicted octanol–water partition coefficient (Wildman–Crippen LogP) is 2.21. The average Bonchev–Trinajstić information content (AvgIpc) is 2.90. The van der Waals surface area contributed by atoms with Gasteiger partial charge in [0.1, 0.15) is 0 Å². The Hall–Kier alpha value is -3.78. The number of aliphatic imine (C=N–C) groups is 4. The largest absolute Gasteiger partial charge is 0.378 e. The lowest BCUT2D eigenvalue weighted by Gasteiger charge is -2.06. The summed E-state index contributed by atoms with van der Waals surface area (Å²) in [6.45, 7) is 1.71. The molecular weight excluding hydrogens is 629 g/mol. The van der Waals surface area contributed by atoms with Crippen molar-refractivity contribution in [2.45, 2.75) is 13.0 Å². The van der Waals surface area contributed by atoms with Crippen molar-refractivity contribution in [2.24, 2.45) is 42.9 Å². The Labute approximate surface area is 248 Å². The number of thioether (sulfide) groups is 4. The number of hydrogen-bond acceptors (Lipinski definition) is 20. The first-order valence-electron chi connectivity index (χ1n) is 10.1. The van der Waals surface area contributed by atoms with E-state index in [1.807, 2.05) is 0 Å². The molecule has 0 aromatic heterocycles. The molecule has 0 radical (unpaired) electrons. The summed E-state index contributed by atoms with van der Waals surface area (Å²) in [4.78, 5) is 31.4. The van der Waals surface area contributed by atoms with Gasteiger partial charge in [0.05, 0.1) is 24.0 Å². The Bertz CT molecular complexity index is 1130. The minimum Gasteiger partial charge on any atom is -0.378 e. The van der Waals surface area contributed by atoms with Gasteiger partial charge in [-0.1, -0.05) is 12.1 Å². The van der Waals surface area contributed by atoms with Gasteiger partial charge in [-0.05, 0) is 19.1 Å². The third kappa shape index (κ3) is 18.2. The van der Waals surface area contributed by atoms with E-state index in [2.05, 4.69) is 39.5 Å². The number of nitrogens with zero attached hydrogens (tertiary/aromatic N) is 4. The first-order valence-corrected chi connectivity index (χ1v) is 13.3. The van der Waals surface area contributed by atoms with Gasteiger partial charge in [0, 0.05) is 47.0 Å². The zero-order chi connectivity index (χ0) is 31.4. The molecule has 226 valence electrons. The molecule has 0 fully saturated rings. The molecule has 16 N–H and O–H groups in total. The van der Waals surface area contributed by atoms with E-state index < -0.39 is 6.04 Å². The van der Waals surface area contributed by atoms with Gasteiger partial charge in [-0.2, -0.15) is 0 Å². The van der Waals surface area contributed by atoms with Crippen LogP contribution in [0.4, 0.5) is 11.4 Å². The Morgan fingerprint density at radius 3 is 1.37 bits per heavy atom. The third-order valence-electron chi connectivity index (χ3n) is 3.22. The van der Waals surface area contributed by atoms with E-state index in [0.717, 1.165) is 0 Å². The maximum atomic E-state index is 8.72. The minimum atomic E-state index is -0.452. The van der Waals surface area contributed by atoms with E-state index in [0.29, 0.717) is 47.0 Å². The van der Waals surface area contributed by atoms with Crippen LogP contribution >= 0.6 is 47.0 Å². The van der Waals surface area contributed by atoms with Crippen molar-refractivity contribution < 1.29 is 40.6 Å². The molecule has 0 heterocycles. The summed E-state index contributed by atoms with van der Waals surface area (Å²) in [5.74, 6) is 0. The van der Waals surface area contributed by atoms with Crippen molar-refractivity contribution in [3.05, 3.63) is 24.3 Å². The van der Waals surface area contributed by atoms with E-state index in [4.69, 9.17) is 65.6 Å². The highest BCUT2D eigenvalue weighted by Gasteiger charge is 2.11. The van der Waals surface area contributed by atoms with Crippen LogP contribution in [0.2, 0.25) is 0 Å². The standard InChI is InChI=1S/C10H12N6O4S2.C7H14N6O4S2/c11-7(12)21-9(19-17)15-5-3-1-2-4-6(5)16-10(20-18)22-8(13)14;1-3(13-7(17-15)19-5(10)11)2-12-6(16-14)18-4(8)9/h1-4,17-18H,(H3,11,12)(H3,13,14);3,14-15H,2H2,1H3,(H3,8,9)(H3,10,11). The van der Waals surface area contributed by atoms with E-state index in [1.165, 1.54) is 12.1 Å². The van der Waals surface area contributed by atoms with Gasteiger partial charge >= 0.3 is 0 Å². The van der Waals surface area contributed by atoms with Crippen molar-refractivity contribution in [2.75, 3.05) is 6.54 Å². The first kappa shape index (κ1) is 37.2. The van der Waals surface area contributed by atoms with Crippen molar-refractivity contribution in [3.8, 4) is 0 Å². The highest BCUT2D eigenvalue weighted by Crippen LogP contribution is 2.30. The zero-order valence-corrected chi connectivity index (χ0v) is 24.0. The molecule has 0 aliphatic rings. The lowest BCUT2D eigenvalue weighted by molar-refractivity contribution is -0.150. The molecule has 0 saturated carbocycles. The summed E-state index contributed by atoms with van der Waals surface area (Å²) in [6.07, 6.45) is 0. The van der Waals surface area contributed by atoms with Gasteiger partial charge in [0.25, 0.3) is 20.9 Å². The number of amidine groups is 4. The van der Waals surface area contributed by atoms with Crippen molar-refractivity contribution in [1.29, 1.82) is 21.6 Å². The number of benzene rings is 1. The van der Waals surface area contributed by atoms with Crippen molar-refractivity contribution in [1.82, 2.24) is 0 Å². The molecule has 1 rings (SSSR count). The molecule has 1 aromatic rings. The molecule has 1 atom stereocenters. The van der Waals surface area contributed by atoms with Gasteiger partial charge in [-0.25, -0.2) is 41.0 Å². The molecular formula is C17H26N12O8S4. The lowest BCUT2D eigenvalue weighted by Crippen LogP contribution is -2.15. The highest BCUT2D eigenvalue weighted by molar-refractivity contribution is 8.26. The number of nitrogens with two attached hydrogens (primary N) is 4. The number of rotatable bonds is 5. The Morgan fingerprint density at radius 2 is 1.02 bits per heavy atom. The molecule has 0 bridgehead atoms. The predicted molar refractivity (Wildman–Crippen MR) is 163 cm³/mol. The second kappa shape index (κ2) is 21.0. The van der Waals surface area contributed by atoms with Gasteiger partial charge in [0.2, 0.25) is 0 Å². The second-order valence-electron chi connectivity index (χ2n) is 6.33. The molecule has 0 spiro atoms. The average molecular weight is 655 g/mol. The van der Waals surface area contributed by atoms with Crippen LogP contribution in [0.5, 0.6) is 0 Å². The summed E-state index contributed by atoms with van der Waals surface area (Å²) in [6, 6.07) is 5.90. The molecule has 20 nitrogen and oxygen atoms in total. The minimum absolute atomic E-state index is 0.0709. The van der Waals surface area contributed by atoms with Crippen LogP contribution in [0, 0.1) is 21.6 Å². The summed E-state index contributed by atoms with van der Waals surface area (Å²) in [7, 11) is 0. The van der Waals surface area contributed by atoms with Gasteiger partial charge in [0.15, 0.2) is 20.7 Å². The van der Waals surface area contributed by atoms with Crippen LogP contribution in [0.15, 0.2) is 44.2 Å².